The molecule has 0 saturated carbocycles. The number of carboxylic acids is 1. The molecule has 2 aliphatic rings. The van der Waals surface area contributed by atoms with Gasteiger partial charge in [0, 0.05) is 6.92 Å². The summed E-state index contributed by atoms with van der Waals surface area (Å²) in [7, 11) is -5.18. The van der Waals surface area contributed by atoms with Crippen LogP contribution in [-0.2, 0) is 38.4 Å². The molecule has 1 unspecified atom stereocenters. The van der Waals surface area contributed by atoms with Crippen molar-refractivity contribution in [1.29, 1.82) is 0 Å². The highest BCUT2D eigenvalue weighted by Gasteiger charge is 2.51. The fraction of sp³-hybridized carbons (Fsp3) is 0.714. The van der Waals surface area contributed by atoms with Gasteiger partial charge in [0.1, 0.15) is 36.6 Å². The fourth-order valence-electron chi connectivity index (χ4n) is 2.91. The Balaban J connectivity index is 2.41. The van der Waals surface area contributed by atoms with E-state index in [-0.39, 0.29) is 0 Å². The van der Waals surface area contributed by atoms with Crippen LogP contribution in [-0.4, -0.2) is 106 Å². The number of aliphatic hydroxyl groups excluding tert-OH is 4. The lowest BCUT2D eigenvalue weighted by Crippen LogP contribution is -2.67. The second kappa shape index (κ2) is 9.50. The first-order valence-corrected chi connectivity index (χ1v) is 9.71. The Hall–Kier alpha value is -1.89. The summed E-state index contributed by atoms with van der Waals surface area (Å²) in [6, 6.07) is -1.59. The quantitative estimate of drug-likeness (QED) is 0.179. The molecule has 7 N–H and O–H groups in total. The van der Waals surface area contributed by atoms with Gasteiger partial charge >= 0.3 is 16.4 Å². The van der Waals surface area contributed by atoms with Crippen LogP contribution in [0.15, 0.2) is 11.8 Å². The van der Waals surface area contributed by atoms with E-state index in [1.165, 1.54) is 0 Å². The first-order chi connectivity index (χ1) is 13.8. The van der Waals surface area contributed by atoms with Gasteiger partial charge in [0.2, 0.25) is 18.0 Å². The van der Waals surface area contributed by atoms with E-state index in [4.69, 9.17) is 23.9 Å². The highest BCUT2D eigenvalue weighted by molar-refractivity contribution is 7.80. The van der Waals surface area contributed by atoms with Gasteiger partial charge in [-0.25, -0.2) is 8.98 Å². The number of nitrogens with one attached hydrogen (secondary N) is 1. The minimum absolute atomic E-state index is 0.680. The van der Waals surface area contributed by atoms with Crippen molar-refractivity contribution in [2.45, 2.75) is 56.1 Å². The topological polar surface area (TPSA) is 239 Å². The van der Waals surface area contributed by atoms with Gasteiger partial charge in [-0.3, -0.25) is 9.35 Å². The second-order valence-electron chi connectivity index (χ2n) is 6.37. The predicted molar refractivity (Wildman–Crippen MR) is 89.5 cm³/mol. The molecule has 2 heterocycles. The molecule has 2 aliphatic heterocycles. The van der Waals surface area contributed by atoms with E-state index >= 15 is 0 Å². The maximum absolute atomic E-state index is 11.5. The normalized spacial score (nSPS) is 37.1. The molecule has 0 spiro atoms. The summed E-state index contributed by atoms with van der Waals surface area (Å²) in [5.41, 5.74) is 0. The molecule has 172 valence electrons. The minimum atomic E-state index is -5.18. The standard InChI is InChI=1S/C14H21NO14S/c1-4(17)15-8-11(10(29-30(23,24)25)7(3-16)26-13(8)22)28-14-9(19)5(18)2-6(27-14)12(20)21/h2,5,7-11,13-14,16,18-19,22H,3H2,1H3,(H,15,17)(H,20,21)(H,23,24,25)/t5-,7+,8+,9+,10-,11+,13?,14-/m0/s1. The molecule has 0 bridgehead atoms. The average molecular weight is 459 g/mol. The summed E-state index contributed by atoms with van der Waals surface area (Å²) >= 11 is 0. The molecule has 8 atom stereocenters. The number of amides is 1. The zero-order valence-electron chi connectivity index (χ0n) is 15.3. The van der Waals surface area contributed by atoms with Crippen LogP contribution in [0.1, 0.15) is 6.92 Å². The molecule has 2 rings (SSSR count). The molecule has 1 amide bonds. The SMILES string of the molecule is CC(=O)N[C@H]1C(O)O[C@H](CO)[C@H](OS(=O)(=O)O)[C@@H]1O[C@@H]1OC(C(=O)O)=C[C@H](O)[C@H]1O. The highest BCUT2D eigenvalue weighted by Crippen LogP contribution is 2.30. The van der Waals surface area contributed by atoms with E-state index < -0.39 is 83.8 Å². The molecule has 30 heavy (non-hydrogen) atoms. The van der Waals surface area contributed by atoms with Gasteiger partial charge in [-0.05, 0) is 6.08 Å². The van der Waals surface area contributed by atoms with Crippen LogP contribution < -0.4 is 5.32 Å². The number of carbonyl (C=O) groups excluding carboxylic acids is 1. The molecule has 16 heteroatoms. The van der Waals surface area contributed by atoms with Crippen LogP contribution in [0.25, 0.3) is 0 Å². The number of aliphatic hydroxyl groups is 4. The number of rotatable bonds is 7. The molecule has 0 aromatic heterocycles. The van der Waals surface area contributed by atoms with Gasteiger partial charge in [0.15, 0.2) is 6.29 Å². The Bertz CT molecular complexity index is 784. The molecule has 1 fully saturated rings. The summed E-state index contributed by atoms with van der Waals surface area (Å²) in [5.74, 6) is -3.19. The smallest absolute Gasteiger partial charge is 0.397 e. The molecule has 1 saturated heterocycles. The second-order valence-corrected chi connectivity index (χ2v) is 7.41. The van der Waals surface area contributed by atoms with Crippen molar-refractivity contribution in [2.75, 3.05) is 6.61 Å². The maximum atomic E-state index is 11.5. The van der Waals surface area contributed by atoms with Crippen LogP contribution in [0.3, 0.4) is 0 Å². The lowest BCUT2D eigenvalue weighted by Gasteiger charge is -2.45. The van der Waals surface area contributed by atoms with Gasteiger partial charge in [-0.2, -0.15) is 8.42 Å². The lowest BCUT2D eigenvalue weighted by molar-refractivity contribution is -0.298. The Kier molecular flexibility index (Phi) is 7.72. The van der Waals surface area contributed by atoms with Crippen LogP contribution in [0.2, 0.25) is 0 Å². The zero-order valence-corrected chi connectivity index (χ0v) is 16.1. The van der Waals surface area contributed by atoms with E-state index in [2.05, 4.69) is 9.50 Å². The van der Waals surface area contributed by atoms with Crippen molar-refractivity contribution in [2.24, 2.45) is 0 Å². The summed E-state index contributed by atoms with van der Waals surface area (Å²) in [6.45, 7) is 0.0857. The van der Waals surface area contributed by atoms with Gasteiger partial charge in [-0.15, -0.1) is 0 Å². The molecule has 0 aliphatic carbocycles. The Labute approximate surface area is 169 Å². The summed E-state index contributed by atoms with van der Waals surface area (Å²) in [4.78, 5) is 22.6. The summed E-state index contributed by atoms with van der Waals surface area (Å²) in [6.07, 6.45) is -12.1. The van der Waals surface area contributed by atoms with Crippen molar-refractivity contribution < 1.29 is 66.5 Å². The van der Waals surface area contributed by atoms with E-state index in [0.717, 1.165) is 6.92 Å². The van der Waals surface area contributed by atoms with Gasteiger partial charge in [0.25, 0.3) is 0 Å². The van der Waals surface area contributed by atoms with Crippen molar-refractivity contribution in [3.63, 3.8) is 0 Å². The first kappa shape index (κ1) is 24.4. The van der Waals surface area contributed by atoms with Crippen LogP contribution in [0, 0.1) is 0 Å². The molecular formula is C14H21NO14S. The lowest BCUT2D eigenvalue weighted by atomic mass is 9.96. The van der Waals surface area contributed by atoms with Crippen molar-refractivity contribution >= 4 is 22.3 Å². The van der Waals surface area contributed by atoms with E-state index in [9.17, 15) is 38.4 Å². The molecule has 0 aromatic rings. The molecular weight excluding hydrogens is 438 g/mol. The fourth-order valence-corrected chi connectivity index (χ4v) is 3.42. The van der Waals surface area contributed by atoms with Crippen molar-refractivity contribution in [3.05, 3.63) is 11.8 Å². The van der Waals surface area contributed by atoms with E-state index in [1.54, 1.807) is 0 Å². The Morgan fingerprint density at radius 1 is 1.23 bits per heavy atom. The number of hydrogen-bond donors (Lipinski definition) is 7. The molecule has 0 aromatic carbocycles. The maximum Gasteiger partial charge on any atom is 0.397 e. The number of aliphatic carboxylic acids is 1. The Morgan fingerprint density at radius 2 is 1.87 bits per heavy atom. The first-order valence-electron chi connectivity index (χ1n) is 8.34. The average Bonchev–Trinajstić information content (AvgIpc) is 2.61. The van der Waals surface area contributed by atoms with Crippen LogP contribution in [0.4, 0.5) is 0 Å². The van der Waals surface area contributed by atoms with Crippen LogP contribution in [0.5, 0.6) is 0 Å². The number of carboxylic acid groups (broad SMARTS) is 1. The van der Waals surface area contributed by atoms with E-state index in [0.29, 0.717) is 6.08 Å². The molecule has 15 nitrogen and oxygen atoms in total. The third-order valence-corrected chi connectivity index (χ3v) is 4.61. The number of carbonyl (C=O) groups is 2. The predicted octanol–water partition coefficient (Wildman–Crippen LogP) is -4.18. The minimum Gasteiger partial charge on any atom is -0.475 e. The van der Waals surface area contributed by atoms with Crippen molar-refractivity contribution in [1.82, 2.24) is 5.32 Å². The van der Waals surface area contributed by atoms with Gasteiger partial charge in [0.05, 0.1) is 6.61 Å². The molecule has 0 radical (unpaired) electrons. The Morgan fingerprint density at radius 3 is 2.37 bits per heavy atom. The summed E-state index contributed by atoms with van der Waals surface area (Å²) in [5, 5.41) is 50.7. The third kappa shape index (κ3) is 5.84. The van der Waals surface area contributed by atoms with Gasteiger partial charge in [-0.1, -0.05) is 0 Å². The number of hydrogen-bond acceptors (Lipinski definition) is 12. The number of ether oxygens (including phenoxy) is 3. The monoisotopic (exact) mass is 459 g/mol. The van der Waals surface area contributed by atoms with Crippen LogP contribution >= 0.6 is 0 Å². The summed E-state index contributed by atoms with van der Waals surface area (Å²) < 4.78 is 51.3. The highest BCUT2D eigenvalue weighted by atomic mass is 32.3. The third-order valence-electron chi connectivity index (χ3n) is 4.14. The van der Waals surface area contributed by atoms with E-state index in [1.807, 2.05) is 0 Å². The van der Waals surface area contributed by atoms with Crippen molar-refractivity contribution in [3.8, 4) is 0 Å². The van der Waals surface area contributed by atoms with Gasteiger partial charge < -0.3 is 45.1 Å². The zero-order chi connectivity index (χ0) is 22.8. The largest absolute Gasteiger partial charge is 0.475 e.